The average Bonchev–Trinajstić information content (AvgIpc) is 2.85. The lowest BCUT2D eigenvalue weighted by Gasteiger charge is -2.35. The molecule has 0 aliphatic carbocycles. The second-order valence-electron chi connectivity index (χ2n) is 5.10. The largest absolute Gasteiger partial charge is 0.356 e. The quantitative estimate of drug-likeness (QED) is 0.798. The van der Waals surface area contributed by atoms with Crippen molar-refractivity contribution in [3.63, 3.8) is 0 Å². The van der Waals surface area contributed by atoms with E-state index in [9.17, 15) is 0 Å². The molecule has 0 unspecified atom stereocenters. The lowest BCUT2D eigenvalue weighted by Crippen LogP contribution is -2.42. The number of fused-ring (bicyclic) bond motifs is 1. The third-order valence-electron chi connectivity index (χ3n) is 3.85. The van der Waals surface area contributed by atoms with Gasteiger partial charge in [0.1, 0.15) is 10.6 Å². The van der Waals surface area contributed by atoms with Gasteiger partial charge in [-0.2, -0.15) is 4.98 Å². The summed E-state index contributed by atoms with van der Waals surface area (Å²) in [5.74, 6) is 0.964. The standard InChI is InChI=1S/C13H17ClN4S/c1-17-6-3-9(4-7-17)18(2)11-10-5-8-19-12(10)16-13(14)15-11/h5,8-9H,3-4,6-7H2,1-2H3. The van der Waals surface area contributed by atoms with Crippen LogP contribution in [0.4, 0.5) is 5.82 Å². The molecule has 0 bridgehead atoms. The highest BCUT2D eigenvalue weighted by Crippen LogP contribution is 2.31. The predicted octanol–water partition coefficient (Wildman–Crippen LogP) is 2.88. The fourth-order valence-electron chi connectivity index (χ4n) is 2.64. The minimum absolute atomic E-state index is 0.338. The number of aromatic nitrogens is 2. The van der Waals surface area contributed by atoms with Crippen molar-refractivity contribution in [3.05, 3.63) is 16.7 Å². The van der Waals surface area contributed by atoms with Crippen LogP contribution in [0.15, 0.2) is 11.4 Å². The minimum Gasteiger partial charge on any atom is -0.356 e. The Kier molecular flexibility index (Phi) is 3.60. The summed E-state index contributed by atoms with van der Waals surface area (Å²) in [7, 11) is 4.29. The molecule has 4 nitrogen and oxygen atoms in total. The minimum atomic E-state index is 0.338. The molecule has 0 amide bonds. The average molecular weight is 297 g/mol. The number of likely N-dealkylation sites (tertiary alicyclic amines) is 1. The van der Waals surface area contributed by atoms with Gasteiger partial charge in [-0.3, -0.25) is 0 Å². The molecular weight excluding hydrogens is 280 g/mol. The van der Waals surface area contributed by atoms with Gasteiger partial charge in [0.15, 0.2) is 0 Å². The Morgan fingerprint density at radius 1 is 1.37 bits per heavy atom. The third-order valence-corrected chi connectivity index (χ3v) is 4.82. The molecule has 2 aromatic heterocycles. The van der Waals surface area contributed by atoms with Crippen molar-refractivity contribution in [1.29, 1.82) is 0 Å². The molecule has 1 aliphatic heterocycles. The molecule has 0 saturated carbocycles. The van der Waals surface area contributed by atoms with Crippen molar-refractivity contribution in [2.45, 2.75) is 18.9 Å². The first-order valence-corrected chi connectivity index (χ1v) is 7.73. The van der Waals surface area contributed by atoms with Crippen LogP contribution in [-0.2, 0) is 0 Å². The van der Waals surface area contributed by atoms with Crippen molar-refractivity contribution in [2.75, 3.05) is 32.1 Å². The molecule has 0 radical (unpaired) electrons. The number of thiophene rings is 1. The zero-order chi connectivity index (χ0) is 13.4. The molecule has 3 heterocycles. The maximum Gasteiger partial charge on any atom is 0.225 e. The lowest BCUT2D eigenvalue weighted by atomic mass is 10.0. The molecule has 1 saturated heterocycles. The Balaban J connectivity index is 1.92. The van der Waals surface area contributed by atoms with Gasteiger partial charge in [0.2, 0.25) is 5.28 Å². The van der Waals surface area contributed by atoms with Crippen molar-refractivity contribution >= 4 is 39.0 Å². The van der Waals surface area contributed by atoms with Crippen LogP contribution in [0, 0.1) is 0 Å². The number of hydrogen-bond donors (Lipinski definition) is 0. The van der Waals surface area contributed by atoms with Crippen LogP contribution in [0.3, 0.4) is 0 Å². The number of hydrogen-bond acceptors (Lipinski definition) is 5. The van der Waals surface area contributed by atoms with E-state index in [-0.39, 0.29) is 0 Å². The monoisotopic (exact) mass is 296 g/mol. The summed E-state index contributed by atoms with van der Waals surface area (Å²) in [6.07, 6.45) is 2.33. The SMILES string of the molecule is CN1CCC(N(C)c2nc(Cl)nc3sccc23)CC1. The van der Waals surface area contributed by atoms with Crippen LogP contribution in [0.5, 0.6) is 0 Å². The van der Waals surface area contributed by atoms with Gasteiger partial charge < -0.3 is 9.80 Å². The van der Waals surface area contributed by atoms with Crippen molar-refractivity contribution in [2.24, 2.45) is 0 Å². The van der Waals surface area contributed by atoms with Crippen LogP contribution < -0.4 is 4.90 Å². The van der Waals surface area contributed by atoms with Gasteiger partial charge in [-0.15, -0.1) is 11.3 Å². The van der Waals surface area contributed by atoms with Gasteiger partial charge in [-0.25, -0.2) is 4.98 Å². The highest BCUT2D eigenvalue weighted by molar-refractivity contribution is 7.16. The molecule has 1 fully saturated rings. The normalized spacial score (nSPS) is 18.1. The molecule has 2 aromatic rings. The van der Waals surface area contributed by atoms with E-state index < -0.39 is 0 Å². The Morgan fingerprint density at radius 2 is 2.11 bits per heavy atom. The van der Waals surface area contributed by atoms with Crippen molar-refractivity contribution in [3.8, 4) is 0 Å². The fourth-order valence-corrected chi connectivity index (χ4v) is 3.61. The van der Waals surface area contributed by atoms with E-state index in [4.69, 9.17) is 11.6 Å². The summed E-state index contributed by atoms with van der Waals surface area (Å²) < 4.78 is 0. The summed E-state index contributed by atoms with van der Waals surface area (Å²) in [6, 6.07) is 2.61. The Bertz CT molecular complexity index is 577. The topological polar surface area (TPSA) is 32.3 Å². The summed E-state index contributed by atoms with van der Waals surface area (Å²) >= 11 is 7.65. The van der Waals surface area contributed by atoms with E-state index in [2.05, 4.69) is 39.9 Å². The van der Waals surface area contributed by atoms with Crippen molar-refractivity contribution < 1.29 is 0 Å². The van der Waals surface area contributed by atoms with Crippen LogP contribution in [0.2, 0.25) is 5.28 Å². The van der Waals surface area contributed by atoms with Crippen LogP contribution in [0.1, 0.15) is 12.8 Å². The molecule has 0 spiro atoms. The third kappa shape index (κ3) is 2.55. The van der Waals surface area contributed by atoms with Gasteiger partial charge in [-0.05, 0) is 56.0 Å². The molecule has 0 atom stereocenters. The molecule has 19 heavy (non-hydrogen) atoms. The molecular formula is C13H17ClN4S. The molecule has 3 rings (SSSR count). The smallest absolute Gasteiger partial charge is 0.225 e. The highest BCUT2D eigenvalue weighted by Gasteiger charge is 2.23. The summed E-state index contributed by atoms with van der Waals surface area (Å²) in [6.45, 7) is 2.28. The number of piperidine rings is 1. The number of halogens is 1. The summed E-state index contributed by atoms with van der Waals surface area (Å²) in [5, 5.41) is 3.49. The van der Waals surface area contributed by atoms with E-state index in [1.807, 2.05) is 5.38 Å². The molecule has 1 aliphatic rings. The van der Waals surface area contributed by atoms with E-state index in [1.165, 1.54) is 12.8 Å². The van der Waals surface area contributed by atoms with E-state index >= 15 is 0 Å². The van der Waals surface area contributed by atoms with Crippen LogP contribution in [0.25, 0.3) is 10.2 Å². The second kappa shape index (κ2) is 5.23. The van der Waals surface area contributed by atoms with E-state index in [1.54, 1.807) is 11.3 Å². The first-order chi connectivity index (χ1) is 9.15. The first kappa shape index (κ1) is 13.1. The van der Waals surface area contributed by atoms with Gasteiger partial charge >= 0.3 is 0 Å². The Morgan fingerprint density at radius 3 is 2.84 bits per heavy atom. The number of nitrogens with zero attached hydrogens (tertiary/aromatic N) is 4. The highest BCUT2D eigenvalue weighted by atomic mass is 35.5. The number of rotatable bonds is 2. The lowest BCUT2D eigenvalue weighted by molar-refractivity contribution is 0.252. The Labute approximate surface area is 122 Å². The maximum atomic E-state index is 6.04. The predicted molar refractivity (Wildman–Crippen MR) is 81.3 cm³/mol. The zero-order valence-corrected chi connectivity index (χ0v) is 12.7. The molecule has 0 aromatic carbocycles. The zero-order valence-electron chi connectivity index (χ0n) is 11.1. The van der Waals surface area contributed by atoms with Gasteiger partial charge in [0.25, 0.3) is 0 Å². The van der Waals surface area contributed by atoms with Gasteiger partial charge in [-0.1, -0.05) is 0 Å². The summed E-state index contributed by atoms with van der Waals surface area (Å²) in [5.41, 5.74) is 0. The molecule has 102 valence electrons. The number of anilines is 1. The maximum absolute atomic E-state index is 6.04. The summed E-state index contributed by atoms with van der Waals surface area (Å²) in [4.78, 5) is 14.3. The second-order valence-corrected chi connectivity index (χ2v) is 6.33. The van der Waals surface area contributed by atoms with E-state index in [0.717, 1.165) is 29.1 Å². The molecule has 0 N–H and O–H groups in total. The Hall–Kier alpha value is -0.910. The first-order valence-electron chi connectivity index (χ1n) is 6.47. The van der Waals surface area contributed by atoms with E-state index in [0.29, 0.717) is 11.3 Å². The van der Waals surface area contributed by atoms with Gasteiger partial charge in [0, 0.05) is 13.1 Å². The fraction of sp³-hybridized carbons (Fsp3) is 0.538. The van der Waals surface area contributed by atoms with Crippen LogP contribution >= 0.6 is 22.9 Å². The van der Waals surface area contributed by atoms with Gasteiger partial charge in [0.05, 0.1) is 5.39 Å². The van der Waals surface area contributed by atoms with Crippen molar-refractivity contribution in [1.82, 2.24) is 14.9 Å². The van der Waals surface area contributed by atoms with Crippen LogP contribution in [-0.4, -0.2) is 48.1 Å². The molecule has 6 heteroatoms.